The van der Waals surface area contributed by atoms with Gasteiger partial charge in [0.2, 0.25) is 0 Å². The van der Waals surface area contributed by atoms with Crippen molar-refractivity contribution >= 4 is 11.0 Å². The standard InChI is InChI=1S/C18H14F3N3O2/c1-2-25-16(12-4-6-13(7-5-12)26-18(19,20)21)17-23-14-8-3-11(10-22)9-15(14)24-17/h3-9,16H,2H2,1H3,(H,23,24). The molecule has 0 spiro atoms. The van der Waals surface area contributed by atoms with Crippen molar-refractivity contribution in [2.75, 3.05) is 6.61 Å². The van der Waals surface area contributed by atoms with E-state index in [1.165, 1.54) is 24.3 Å². The number of aromatic amines is 1. The van der Waals surface area contributed by atoms with Crippen molar-refractivity contribution in [1.29, 1.82) is 5.26 Å². The van der Waals surface area contributed by atoms with Gasteiger partial charge in [-0.15, -0.1) is 13.2 Å². The maximum atomic E-state index is 12.3. The average molecular weight is 361 g/mol. The second-order valence-corrected chi connectivity index (χ2v) is 5.42. The summed E-state index contributed by atoms with van der Waals surface area (Å²) in [5, 5.41) is 8.98. The maximum absolute atomic E-state index is 12.3. The SMILES string of the molecule is CCOC(c1ccc(OC(F)(F)F)cc1)c1nc2ccc(C#N)cc2[nH]1. The van der Waals surface area contributed by atoms with Crippen LogP contribution < -0.4 is 4.74 Å². The van der Waals surface area contributed by atoms with E-state index in [1.807, 2.05) is 6.92 Å². The van der Waals surface area contributed by atoms with E-state index in [0.29, 0.717) is 34.6 Å². The Morgan fingerprint density at radius 3 is 2.54 bits per heavy atom. The Morgan fingerprint density at radius 2 is 1.92 bits per heavy atom. The predicted molar refractivity (Wildman–Crippen MR) is 87.4 cm³/mol. The van der Waals surface area contributed by atoms with Crippen LogP contribution in [-0.4, -0.2) is 22.9 Å². The Labute approximate surface area is 147 Å². The lowest BCUT2D eigenvalue weighted by molar-refractivity contribution is -0.274. The molecule has 0 aliphatic heterocycles. The summed E-state index contributed by atoms with van der Waals surface area (Å²) >= 11 is 0. The van der Waals surface area contributed by atoms with Crippen molar-refractivity contribution in [1.82, 2.24) is 9.97 Å². The van der Waals surface area contributed by atoms with Gasteiger partial charge in [0.1, 0.15) is 17.7 Å². The Hall–Kier alpha value is -3.05. The quantitative estimate of drug-likeness (QED) is 0.728. The van der Waals surface area contributed by atoms with Gasteiger partial charge in [-0.05, 0) is 42.8 Å². The monoisotopic (exact) mass is 361 g/mol. The number of imidazole rings is 1. The average Bonchev–Trinajstić information content (AvgIpc) is 3.01. The van der Waals surface area contributed by atoms with Gasteiger partial charge in [0, 0.05) is 6.61 Å². The number of nitrogens with one attached hydrogen (secondary N) is 1. The molecule has 2 aromatic carbocycles. The van der Waals surface area contributed by atoms with Gasteiger partial charge in [-0.2, -0.15) is 5.26 Å². The summed E-state index contributed by atoms with van der Waals surface area (Å²) in [6, 6.07) is 12.6. The van der Waals surface area contributed by atoms with Crippen molar-refractivity contribution in [2.45, 2.75) is 19.4 Å². The number of aromatic nitrogens is 2. The number of halogens is 3. The summed E-state index contributed by atoms with van der Waals surface area (Å²) in [5.74, 6) is 0.196. The second kappa shape index (κ2) is 7.06. The molecule has 0 saturated heterocycles. The highest BCUT2D eigenvalue weighted by Gasteiger charge is 2.31. The van der Waals surface area contributed by atoms with Gasteiger partial charge in [0.25, 0.3) is 0 Å². The molecule has 0 amide bonds. The molecule has 134 valence electrons. The number of nitrogens with zero attached hydrogens (tertiary/aromatic N) is 2. The lowest BCUT2D eigenvalue weighted by atomic mass is 10.1. The van der Waals surface area contributed by atoms with Crippen LogP contribution in [0.15, 0.2) is 42.5 Å². The Bertz CT molecular complexity index is 943. The van der Waals surface area contributed by atoms with E-state index in [-0.39, 0.29) is 5.75 Å². The minimum atomic E-state index is -4.74. The molecule has 26 heavy (non-hydrogen) atoms. The first kappa shape index (κ1) is 17.8. The number of alkyl halides is 3. The van der Waals surface area contributed by atoms with Gasteiger partial charge in [0.15, 0.2) is 0 Å². The van der Waals surface area contributed by atoms with Crippen LogP contribution >= 0.6 is 0 Å². The van der Waals surface area contributed by atoms with E-state index in [0.717, 1.165) is 0 Å². The molecule has 1 N–H and O–H groups in total. The molecule has 1 heterocycles. The number of benzene rings is 2. The van der Waals surface area contributed by atoms with E-state index in [2.05, 4.69) is 20.8 Å². The lowest BCUT2D eigenvalue weighted by Gasteiger charge is -2.16. The molecule has 0 fully saturated rings. The van der Waals surface area contributed by atoms with Crippen LogP contribution in [0.4, 0.5) is 13.2 Å². The number of hydrogen-bond donors (Lipinski definition) is 1. The van der Waals surface area contributed by atoms with Crippen LogP contribution in [0.25, 0.3) is 11.0 Å². The fraction of sp³-hybridized carbons (Fsp3) is 0.222. The van der Waals surface area contributed by atoms with Crippen molar-refractivity contribution in [2.24, 2.45) is 0 Å². The van der Waals surface area contributed by atoms with Crippen molar-refractivity contribution in [3.05, 3.63) is 59.4 Å². The van der Waals surface area contributed by atoms with Crippen LogP contribution in [-0.2, 0) is 4.74 Å². The van der Waals surface area contributed by atoms with Gasteiger partial charge in [0.05, 0.1) is 22.7 Å². The van der Waals surface area contributed by atoms with Crippen LogP contribution in [0.5, 0.6) is 5.75 Å². The minimum absolute atomic E-state index is 0.306. The molecule has 0 saturated carbocycles. The second-order valence-electron chi connectivity index (χ2n) is 5.42. The van der Waals surface area contributed by atoms with E-state index in [4.69, 9.17) is 10.00 Å². The minimum Gasteiger partial charge on any atom is -0.406 e. The van der Waals surface area contributed by atoms with E-state index in [1.54, 1.807) is 18.2 Å². The molecule has 1 atom stereocenters. The first-order valence-electron chi connectivity index (χ1n) is 7.76. The number of fused-ring (bicyclic) bond motifs is 1. The molecule has 5 nitrogen and oxygen atoms in total. The zero-order valence-corrected chi connectivity index (χ0v) is 13.7. The third kappa shape index (κ3) is 3.95. The van der Waals surface area contributed by atoms with Gasteiger partial charge in [-0.25, -0.2) is 4.98 Å². The van der Waals surface area contributed by atoms with Crippen LogP contribution in [0.3, 0.4) is 0 Å². The maximum Gasteiger partial charge on any atom is 0.573 e. The van der Waals surface area contributed by atoms with Crippen molar-refractivity contribution in [3.63, 3.8) is 0 Å². The van der Waals surface area contributed by atoms with Crippen LogP contribution in [0.2, 0.25) is 0 Å². The number of ether oxygens (including phenoxy) is 2. The number of rotatable bonds is 5. The predicted octanol–water partition coefficient (Wildman–Crippen LogP) is 4.46. The smallest absolute Gasteiger partial charge is 0.406 e. The third-order valence-corrected chi connectivity index (χ3v) is 3.63. The first-order valence-corrected chi connectivity index (χ1v) is 7.76. The zero-order valence-electron chi connectivity index (χ0n) is 13.7. The number of hydrogen-bond acceptors (Lipinski definition) is 4. The number of H-pyrrole nitrogens is 1. The van der Waals surface area contributed by atoms with Crippen molar-refractivity contribution in [3.8, 4) is 11.8 Å². The third-order valence-electron chi connectivity index (χ3n) is 3.63. The Kier molecular flexibility index (Phi) is 4.82. The Balaban J connectivity index is 1.93. The molecule has 8 heteroatoms. The summed E-state index contributed by atoms with van der Waals surface area (Å²) in [5.41, 5.74) is 2.47. The highest BCUT2D eigenvalue weighted by molar-refractivity contribution is 5.76. The molecule has 0 bridgehead atoms. The normalized spacial score (nSPS) is 12.7. The fourth-order valence-electron chi connectivity index (χ4n) is 2.57. The molecular weight excluding hydrogens is 347 g/mol. The summed E-state index contributed by atoms with van der Waals surface area (Å²) in [6.07, 6.45) is -5.32. The van der Waals surface area contributed by atoms with Crippen LogP contribution in [0, 0.1) is 11.3 Å². The van der Waals surface area contributed by atoms with Gasteiger partial charge in [-0.1, -0.05) is 12.1 Å². The van der Waals surface area contributed by atoms with E-state index >= 15 is 0 Å². The summed E-state index contributed by atoms with van der Waals surface area (Å²) in [4.78, 5) is 7.57. The fourth-order valence-corrected chi connectivity index (χ4v) is 2.57. The molecule has 0 radical (unpaired) electrons. The molecule has 1 aromatic heterocycles. The molecular formula is C18H14F3N3O2. The van der Waals surface area contributed by atoms with Gasteiger partial charge in [-0.3, -0.25) is 0 Å². The molecule has 3 aromatic rings. The highest BCUT2D eigenvalue weighted by atomic mass is 19.4. The number of nitriles is 1. The highest BCUT2D eigenvalue weighted by Crippen LogP contribution is 2.29. The van der Waals surface area contributed by atoms with Gasteiger partial charge >= 0.3 is 6.36 Å². The summed E-state index contributed by atoms with van der Waals surface area (Å²) in [7, 11) is 0. The van der Waals surface area contributed by atoms with E-state index < -0.39 is 12.5 Å². The Morgan fingerprint density at radius 1 is 1.19 bits per heavy atom. The summed E-state index contributed by atoms with van der Waals surface area (Å²) in [6.45, 7) is 2.19. The lowest BCUT2D eigenvalue weighted by Crippen LogP contribution is -2.17. The van der Waals surface area contributed by atoms with Crippen LogP contribution in [0.1, 0.15) is 30.0 Å². The molecule has 1 unspecified atom stereocenters. The van der Waals surface area contributed by atoms with E-state index in [9.17, 15) is 13.2 Å². The zero-order chi connectivity index (χ0) is 18.7. The molecule has 0 aliphatic rings. The summed E-state index contributed by atoms with van der Waals surface area (Å²) < 4.78 is 46.4. The molecule has 0 aliphatic carbocycles. The largest absolute Gasteiger partial charge is 0.573 e. The topological polar surface area (TPSA) is 70.9 Å². The van der Waals surface area contributed by atoms with Gasteiger partial charge < -0.3 is 14.5 Å². The first-order chi connectivity index (χ1) is 12.4. The van der Waals surface area contributed by atoms with Crippen molar-refractivity contribution < 1.29 is 22.6 Å². The molecule has 3 rings (SSSR count).